The van der Waals surface area contributed by atoms with Gasteiger partial charge in [-0.2, -0.15) is 151 Å². The Morgan fingerprint density at radius 2 is 0.634 bits per heavy atom. The first-order chi connectivity index (χ1) is 54.5. The van der Waals surface area contributed by atoms with Crippen molar-refractivity contribution in [2.24, 2.45) is 4.99 Å². The van der Waals surface area contributed by atoms with Crippen molar-refractivity contribution in [3.63, 3.8) is 0 Å². The summed E-state index contributed by atoms with van der Waals surface area (Å²) in [4.78, 5) is 57.3. The number of hydrogen-bond donors (Lipinski definition) is 2. The molecular weight excluding hydrogens is 1520 g/mol. The molecule has 12 aromatic carbocycles. The first-order valence-electron chi connectivity index (χ1n) is 36.4. The van der Waals surface area contributed by atoms with Crippen molar-refractivity contribution in [1.82, 2.24) is 27.8 Å². The number of aromatic nitrogens is 6. The summed E-state index contributed by atoms with van der Waals surface area (Å²) in [7, 11) is 0. The maximum atomic E-state index is 12.5. The molecule has 13 nitrogen and oxygen atoms in total. The van der Waals surface area contributed by atoms with Gasteiger partial charge in [0.25, 0.3) is 11.1 Å². The average Bonchev–Trinajstić information content (AvgIpc) is 1.58. The van der Waals surface area contributed by atoms with Crippen molar-refractivity contribution in [3.8, 4) is 44.5 Å². The Kier molecular flexibility index (Phi) is 42.1. The van der Waals surface area contributed by atoms with Crippen LogP contribution in [-0.2, 0) is 59.6 Å². The third-order valence-corrected chi connectivity index (χ3v) is 16.6. The summed E-state index contributed by atoms with van der Waals surface area (Å²) in [6, 6.07) is 133. The summed E-state index contributed by atoms with van der Waals surface area (Å²) in [6.45, 7) is 8.56. The average molecular weight is 1620 g/mol. The van der Waals surface area contributed by atoms with E-state index in [0.717, 1.165) is 9.13 Å². The number of aliphatic imine (C=N–C) groups is 1. The fourth-order valence-corrected chi connectivity index (χ4v) is 11.2. The van der Waals surface area contributed by atoms with E-state index in [2.05, 4.69) is 235 Å². The van der Waals surface area contributed by atoms with Crippen molar-refractivity contribution < 1.29 is 30.6 Å². The minimum absolute atomic E-state index is 0. The fraction of sp³-hybridized carbons (Fsp3) is 0.125. The first kappa shape index (κ1) is 88.9. The second-order valence-electron chi connectivity index (χ2n) is 23.8. The van der Waals surface area contributed by atoms with E-state index in [0.29, 0.717) is 49.0 Å². The van der Waals surface area contributed by atoms with Gasteiger partial charge in [-0.3, -0.25) is 27.9 Å². The van der Waals surface area contributed by atoms with Crippen LogP contribution < -0.4 is 22.5 Å². The quantitative estimate of drug-likeness (QED) is 0.0475. The van der Waals surface area contributed by atoms with Crippen molar-refractivity contribution in [2.75, 3.05) is 13.2 Å². The molecule has 16 rings (SSSR count). The molecule has 0 saturated carbocycles. The van der Waals surface area contributed by atoms with Crippen LogP contribution in [0.15, 0.2) is 401 Å². The van der Waals surface area contributed by atoms with Gasteiger partial charge >= 0.3 is 11.4 Å². The molecule has 3 aromatic heterocycles. The second kappa shape index (κ2) is 53.0. The van der Waals surface area contributed by atoms with Crippen molar-refractivity contribution in [3.05, 3.63) is 453 Å². The molecule has 4 heterocycles. The summed E-state index contributed by atoms with van der Waals surface area (Å²) >= 11 is 11.9. The molecule has 112 heavy (non-hydrogen) atoms. The third-order valence-electron chi connectivity index (χ3n) is 16.1. The van der Waals surface area contributed by atoms with E-state index in [1.54, 1.807) is 13.0 Å². The fourth-order valence-electron chi connectivity index (χ4n) is 10.7. The molecule has 1 aliphatic rings. The van der Waals surface area contributed by atoms with Crippen LogP contribution in [0.2, 0.25) is 5.28 Å². The van der Waals surface area contributed by atoms with Gasteiger partial charge in [0.2, 0.25) is 5.28 Å². The summed E-state index contributed by atoms with van der Waals surface area (Å²) in [5.41, 5.74) is 9.58. The Balaban J connectivity index is 0.000000199. The smallest absolute Gasteiger partial charge is 0.332 e. The number of benzene rings is 12. The van der Waals surface area contributed by atoms with Gasteiger partial charge in [0.05, 0.1) is 5.56 Å². The topological polar surface area (TPSA) is 159 Å². The van der Waals surface area contributed by atoms with Crippen LogP contribution >= 0.6 is 23.2 Å². The van der Waals surface area contributed by atoms with Crippen LogP contribution in [0.3, 0.4) is 0 Å². The van der Waals surface area contributed by atoms with E-state index in [1.165, 1.54) is 58.2 Å². The van der Waals surface area contributed by atoms with Crippen molar-refractivity contribution in [2.45, 2.75) is 65.8 Å². The van der Waals surface area contributed by atoms with Crippen LogP contribution in [0, 0.1) is 24.3 Å². The predicted molar refractivity (Wildman–Crippen MR) is 458 cm³/mol. The molecule has 0 aliphatic carbocycles. The number of halogens is 2. The maximum absolute atomic E-state index is 12.5. The number of fused-ring (bicyclic) bond motifs is 2. The molecule has 0 atom stereocenters. The number of aliphatic hydroxyl groups excluding tert-OH is 2. The van der Waals surface area contributed by atoms with Gasteiger partial charge < -0.3 is 14.8 Å². The van der Waals surface area contributed by atoms with E-state index in [4.69, 9.17) is 33.4 Å². The number of hydrogen-bond acceptors (Lipinski definition) is 8. The van der Waals surface area contributed by atoms with Crippen LogP contribution in [0.1, 0.15) is 32.3 Å². The number of rotatable bonds is 14. The van der Waals surface area contributed by atoms with E-state index < -0.39 is 16.9 Å². The number of imidazole rings is 1. The van der Waals surface area contributed by atoms with Crippen LogP contribution in [0.4, 0.5) is 5.82 Å². The Morgan fingerprint density at radius 1 is 0.375 bits per heavy atom. The number of nitrogens with zero attached hydrogens (tertiary/aromatic N) is 7. The molecule has 0 fully saturated rings. The molecule has 0 spiro atoms. The van der Waals surface area contributed by atoms with Gasteiger partial charge in [0, 0.05) is 72.8 Å². The molecule has 2 N–H and O–H groups in total. The summed E-state index contributed by atoms with van der Waals surface area (Å²) in [5, 5.41) is 18.2. The van der Waals surface area contributed by atoms with Crippen LogP contribution in [-0.4, -0.2) is 56.4 Å². The summed E-state index contributed by atoms with van der Waals surface area (Å²) in [6.07, 6.45) is 2.57. The molecule has 1 aliphatic heterocycles. The van der Waals surface area contributed by atoms with E-state index in [1.807, 2.05) is 177 Å². The zero-order valence-electron chi connectivity index (χ0n) is 62.7. The number of aliphatic hydroxyl groups is 2. The Morgan fingerprint density at radius 3 is 0.866 bits per heavy atom. The predicted octanol–water partition coefficient (Wildman–Crippen LogP) is 20.2. The Bertz CT molecular complexity index is 4590. The van der Waals surface area contributed by atoms with Gasteiger partial charge in [-0.05, 0) is 82.8 Å². The zero-order valence-corrected chi connectivity index (χ0v) is 65.8. The minimum atomic E-state index is -0.450. The third kappa shape index (κ3) is 30.1. The number of allylic oxidation sites excluding steroid dienone is 1. The molecule has 16 heteroatoms. The second-order valence-corrected chi connectivity index (χ2v) is 24.6. The Labute approximate surface area is 681 Å². The zero-order chi connectivity index (χ0) is 78.7. The number of aryl methyl sites for hydroxylation is 1. The van der Waals surface area contributed by atoms with E-state index in [9.17, 15) is 19.2 Å². The molecule has 0 bridgehead atoms. The summed E-state index contributed by atoms with van der Waals surface area (Å²) in [5.74, 6) is 0.373. The minimum Gasteiger partial charge on any atom is -0.396 e. The summed E-state index contributed by atoms with van der Waals surface area (Å²) < 4.78 is 6.61. The van der Waals surface area contributed by atoms with Gasteiger partial charge in [0.1, 0.15) is 11.0 Å². The van der Waals surface area contributed by atoms with E-state index >= 15 is 0 Å². The molecule has 0 saturated heterocycles. The standard InChI is InChI=1S/C13H17ClN4O3.4C12H10.C11H14ClN3O3.4C6H5.Pd/c1-3-6-17-9-10(15-12(17)14)16(4-2)13(21)18(11(9)20)7-5-8-19;4*1-3-7-11(8-4-1)12-9-5-2-6-10-12;1-2-14-9-7(6-8(12)13-9)10(17)15(11(14)18)4-3-5-16;4*1-2-4-6-5-3-1;/h3,19H,1,4-8H2,2H3;4*1-10H;16H,2-6H2,1H3;4*1-5H;/q;;;;;;4*-1;. The van der Waals surface area contributed by atoms with Crippen LogP contribution in [0.5, 0.6) is 0 Å². The first-order valence-corrected chi connectivity index (χ1v) is 37.2. The monoisotopic (exact) mass is 1610 g/mol. The van der Waals surface area contributed by atoms with Gasteiger partial charge in [-0.25, -0.2) is 14.6 Å². The van der Waals surface area contributed by atoms with Gasteiger partial charge in [0.15, 0.2) is 11.2 Å². The van der Waals surface area contributed by atoms with Crippen molar-refractivity contribution in [1.29, 1.82) is 0 Å². The van der Waals surface area contributed by atoms with Gasteiger partial charge in [-0.1, -0.05) is 260 Å². The van der Waals surface area contributed by atoms with Crippen LogP contribution in [0.25, 0.3) is 55.7 Å². The molecule has 574 valence electrons. The SMILES string of the molecule is C=CCn1c(Cl)nc2c1c(=O)n(CCCO)c(=O)n2CC.CCn1c2c(c(=O)n(CCCO)c1=O)CC(Cl)=N2.[Pd].[c-]1ccccc1.[c-]1ccccc1.[c-]1ccccc1.[c-]1ccccc1.c1ccc(-c2ccccc2)cc1.c1ccc(-c2ccccc2)cc1.c1ccc(-c2ccccc2)cc1.c1ccc(-c2ccccc2)cc1. The Hall–Kier alpha value is -12.0. The van der Waals surface area contributed by atoms with Gasteiger partial charge in [-0.15, -0.1) is 6.58 Å². The molecule has 0 unspecified atom stereocenters. The molecular formula is C96H91Cl2N7O6Pd-4. The van der Waals surface area contributed by atoms with Crippen molar-refractivity contribution >= 4 is 45.4 Å². The molecule has 0 radical (unpaired) electrons. The normalized spacial score (nSPS) is 10.1. The maximum Gasteiger partial charge on any atom is 0.332 e. The molecule has 15 aromatic rings. The molecule has 0 amide bonds. The largest absolute Gasteiger partial charge is 0.396 e. The van der Waals surface area contributed by atoms with E-state index in [-0.39, 0.29) is 75.2 Å².